The van der Waals surface area contributed by atoms with Crippen LogP contribution in [0, 0.1) is 13.8 Å². The van der Waals surface area contributed by atoms with E-state index >= 15 is 0 Å². The molecule has 0 saturated carbocycles. The minimum atomic E-state index is -0.591. The molecule has 0 aliphatic rings. The van der Waals surface area contributed by atoms with Crippen LogP contribution in [0.5, 0.6) is 5.75 Å². The quantitative estimate of drug-likeness (QED) is 0.911. The highest BCUT2D eigenvalue weighted by atomic mass is 35.5. The van der Waals surface area contributed by atoms with E-state index < -0.39 is 6.10 Å². The molecule has 2 rings (SSSR count). The van der Waals surface area contributed by atoms with E-state index in [2.05, 4.69) is 5.32 Å². The molecule has 21 heavy (non-hydrogen) atoms. The molecule has 0 fully saturated rings. The van der Waals surface area contributed by atoms with Gasteiger partial charge in [0.1, 0.15) is 5.75 Å². The van der Waals surface area contributed by atoms with Gasteiger partial charge in [0.15, 0.2) is 6.10 Å². The molecule has 2 aromatic rings. The van der Waals surface area contributed by atoms with E-state index in [0.717, 1.165) is 16.8 Å². The van der Waals surface area contributed by atoms with Crippen molar-refractivity contribution in [2.24, 2.45) is 0 Å². The van der Waals surface area contributed by atoms with E-state index in [-0.39, 0.29) is 5.91 Å². The molecule has 110 valence electrons. The van der Waals surface area contributed by atoms with Crippen molar-refractivity contribution in [3.05, 3.63) is 58.6 Å². The van der Waals surface area contributed by atoms with Crippen molar-refractivity contribution in [1.82, 2.24) is 0 Å². The first kappa shape index (κ1) is 15.4. The normalized spacial score (nSPS) is 11.8. The fourth-order valence-electron chi connectivity index (χ4n) is 1.83. The highest BCUT2D eigenvalue weighted by molar-refractivity contribution is 6.31. The average Bonchev–Trinajstić information content (AvgIpc) is 2.45. The Balaban J connectivity index is 1.98. The number of hydrogen-bond acceptors (Lipinski definition) is 2. The predicted octanol–water partition coefficient (Wildman–Crippen LogP) is 4.36. The zero-order chi connectivity index (χ0) is 15.4. The monoisotopic (exact) mass is 303 g/mol. The van der Waals surface area contributed by atoms with Gasteiger partial charge in [0.2, 0.25) is 0 Å². The summed E-state index contributed by atoms with van der Waals surface area (Å²) in [5, 5.41) is 3.50. The van der Waals surface area contributed by atoms with Crippen LogP contribution < -0.4 is 10.1 Å². The number of hydrogen-bond donors (Lipinski definition) is 1. The zero-order valence-corrected chi connectivity index (χ0v) is 13.1. The van der Waals surface area contributed by atoms with E-state index in [1.807, 2.05) is 44.2 Å². The van der Waals surface area contributed by atoms with E-state index in [0.29, 0.717) is 10.8 Å². The summed E-state index contributed by atoms with van der Waals surface area (Å²) in [5.41, 5.74) is 2.82. The molecule has 4 heteroatoms. The first-order valence-electron chi connectivity index (χ1n) is 6.76. The van der Waals surface area contributed by atoms with Crippen molar-refractivity contribution in [1.29, 1.82) is 0 Å². The number of aryl methyl sites for hydroxylation is 2. The third kappa shape index (κ3) is 4.23. The standard InChI is InChI=1S/C17H18ClNO2/c1-11-4-6-14(7-5-11)19-17(20)13(3)21-15-8-9-16(18)12(2)10-15/h4-10,13H,1-3H3,(H,19,20)/t13-/m0/s1. The summed E-state index contributed by atoms with van der Waals surface area (Å²) in [6, 6.07) is 13.0. The number of benzene rings is 2. The zero-order valence-electron chi connectivity index (χ0n) is 12.3. The lowest BCUT2D eigenvalue weighted by Crippen LogP contribution is -2.30. The van der Waals surface area contributed by atoms with Crippen LogP contribution in [0.15, 0.2) is 42.5 Å². The molecular weight excluding hydrogens is 286 g/mol. The van der Waals surface area contributed by atoms with Gasteiger partial charge in [0.05, 0.1) is 0 Å². The maximum Gasteiger partial charge on any atom is 0.265 e. The molecule has 2 aromatic carbocycles. The second kappa shape index (κ2) is 6.64. The Kier molecular flexibility index (Phi) is 4.86. The summed E-state index contributed by atoms with van der Waals surface area (Å²) in [6.45, 7) is 5.61. The van der Waals surface area contributed by atoms with Crippen LogP contribution in [-0.4, -0.2) is 12.0 Å². The van der Waals surface area contributed by atoms with Crippen molar-refractivity contribution < 1.29 is 9.53 Å². The number of anilines is 1. The van der Waals surface area contributed by atoms with Crippen LogP contribution in [0.3, 0.4) is 0 Å². The number of amides is 1. The topological polar surface area (TPSA) is 38.3 Å². The average molecular weight is 304 g/mol. The maximum absolute atomic E-state index is 12.1. The molecule has 0 saturated heterocycles. The second-order valence-corrected chi connectivity index (χ2v) is 5.43. The predicted molar refractivity (Wildman–Crippen MR) is 86.1 cm³/mol. The largest absolute Gasteiger partial charge is 0.481 e. The van der Waals surface area contributed by atoms with Gasteiger partial charge in [-0.2, -0.15) is 0 Å². The Morgan fingerprint density at radius 2 is 1.81 bits per heavy atom. The Morgan fingerprint density at radius 3 is 2.43 bits per heavy atom. The van der Waals surface area contributed by atoms with Crippen molar-refractivity contribution in [3.63, 3.8) is 0 Å². The van der Waals surface area contributed by atoms with Gasteiger partial charge in [0.25, 0.3) is 5.91 Å². The lowest BCUT2D eigenvalue weighted by molar-refractivity contribution is -0.122. The van der Waals surface area contributed by atoms with Crippen molar-refractivity contribution in [3.8, 4) is 5.75 Å². The molecule has 0 heterocycles. The van der Waals surface area contributed by atoms with Crippen LogP contribution in [0.2, 0.25) is 5.02 Å². The molecule has 1 atom stereocenters. The van der Waals surface area contributed by atoms with Gasteiger partial charge >= 0.3 is 0 Å². The molecule has 0 unspecified atom stereocenters. The molecule has 0 radical (unpaired) electrons. The minimum absolute atomic E-state index is 0.188. The molecule has 1 N–H and O–H groups in total. The van der Waals surface area contributed by atoms with E-state index in [9.17, 15) is 4.79 Å². The highest BCUT2D eigenvalue weighted by Gasteiger charge is 2.15. The SMILES string of the molecule is Cc1ccc(NC(=O)[C@H](C)Oc2ccc(Cl)c(C)c2)cc1. The number of carbonyl (C=O) groups is 1. The van der Waals surface area contributed by atoms with Crippen LogP contribution in [0.1, 0.15) is 18.1 Å². The minimum Gasteiger partial charge on any atom is -0.481 e. The van der Waals surface area contributed by atoms with Gasteiger partial charge in [-0.1, -0.05) is 29.3 Å². The number of nitrogens with one attached hydrogen (secondary N) is 1. The Hall–Kier alpha value is -2.00. The van der Waals surface area contributed by atoms with Gasteiger partial charge in [-0.25, -0.2) is 0 Å². The lowest BCUT2D eigenvalue weighted by atomic mass is 10.2. The summed E-state index contributed by atoms with van der Waals surface area (Å²) in [4.78, 5) is 12.1. The van der Waals surface area contributed by atoms with Crippen LogP contribution >= 0.6 is 11.6 Å². The Morgan fingerprint density at radius 1 is 1.14 bits per heavy atom. The summed E-state index contributed by atoms with van der Waals surface area (Å²) < 4.78 is 5.64. The van der Waals surface area contributed by atoms with Gasteiger partial charge in [-0.15, -0.1) is 0 Å². The summed E-state index contributed by atoms with van der Waals surface area (Å²) in [5.74, 6) is 0.440. The summed E-state index contributed by atoms with van der Waals surface area (Å²) in [7, 11) is 0. The fourth-order valence-corrected chi connectivity index (χ4v) is 1.95. The van der Waals surface area contributed by atoms with Crippen molar-refractivity contribution >= 4 is 23.2 Å². The van der Waals surface area contributed by atoms with Crippen LogP contribution in [-0.2, 0) is 4.79 Å². The van der Waals surface area contributed by atoms with Gasteiger partial charge in [-0.3, -0.25) is 4.79 Å². The first-order chi connectivity index (χ1) is 9.95. The first-order valence-corrected chi connectivity index (χ1v) is 7.14. The third-order valence-electron chi connectivity index (χ3n) is 3.13. The molecule has 0 aliphatic heterocycles. The molecule has 0 bridgehead atoms. The second-order valence-electron chi connectivity index (χ2n) is 5.03. The molecule has 0 spiro atoms. The molecule has 1 amide bonds. The van der Waals surface area contributed by atoms with Gasteiger partial charge in [-0.05, 0) is 56.7 Å². The Labute approximate surface area is 129 Å². The van der Waals surface area contributed by atoms with Gasteiger partial charge < -0.3 is 10.1 Å². The van der Waals surface area contributed by atoms with Gasteiger partial charge in [0, 0.05) is 10.7 Å². The highest BCUT2D eigenvalue weighted by Crippen LogP contribution is 2.22. The Bertz CT molecular complexity index is 638. The van der Waals surface area contributed by atoms with E-state index in [1.165, 1.54) is 0 Å². The molecule has 3 nitrogen and oxygen atoms in total. The molecule has 0 aromatic heterocycles. The third-order valence-corrected chi connectivity index (χ3v) is 3.55. The van der Waals surface area contributed by atoms with E-state index in [4.69, 9.17) is 16.3 Å². The number of ether oxygens (including phenoxy) is 1. The number of rotatable bonds is 4. The number of halogens is 1. The number of carbonyl (C=O) groups excluding carboxylic acids is 1. The van der Waals surface area contributed by atoms with Crippen LogP contribution in [0.4, 0.5) is 5.69 Å². The fraction of sp³-hybridized carbons (Fsp3) is 0.235. The summed E-state index contributed by atoms with van der Waals surface area (Å²) >= 11 is 5.96. The van der Waals surface area contributed by atoms with Crippen LogP contribution in [0.25, 0.3) is 0 Å². The van der Waals surface area contributed by atoms with Crippen molar-refractivity contribution in [2.45, 2.75) is 26.9 Å². The summed E-state index contributed by atoms with van der Waals surface area (Å²) in [6.07, 6.45) is -0.591. The molecule has 0 aliphatic carbocycles. The lowest BCUT2D eigenvalue weighted by Gasteiger charge is -2.15. The van der Waals surface area contributed by atoms with Crippen molar-refractivity contribution in [2.75, 3.05) is 5.32 Å². The van der Waals surface area contributed by atoms with E-state index in [1.54, 1.807) is 19.1 Å². The smallest absolute Gasteiger partial charge is 0.265 e. The maximum atomic E-state index is 12.1. The molecular formula is C17H18ClNO2.